The van der Waals surface area contributed by atoms with Crippen LogP contribution in [0.4, 0.5) is 5.69 Å². The standard InChI is InChI=1S/C28H31BrClN3O4S/c1-20(2)31-28(35)26(17-21-9-5-4-6-10-21)32(18-22-11-7-8-12-25(22)30)27(34)19-33(38(3,36)37)24-15-13-23(29)14-16-24/h4-16,20,26H,17-19H2,1-3H3,(H,31,35). The third-order valence-electron chi connectivity index (χ3n) is 5.79. The molecular formula is C28H31BrClN3O4S. The Kier molecular flexibility index (Phi) is 10.4. The van der Waals surface area contributed by atoms with Crippen molar-refractivity contribution in [3.63, 3.8) is 0 Å². The van der Waals surface area contributed by atoms with Gasteiger partial charge in [0, 0.05) is 28.5 Å². The summed E-state index contributed by atoms with van der Waals surface area (Å²) in [6, 6.07) is 22.0. The minimum Gasteiger partial charge on any atom is -0.352 e. The number of halogens is 2. The maximum atomic E-state index is 14.0. The van der Waals surface area contributed by atoms with Crippen molar-refractivity contribution >= 4 is 55.1 Å². The molecule has 1 unspecified atom stereocenters. The molecule has 3 aromatic carbocycles. The maximum Gasteiger partial charge on any atom is 0.244 e. The number of benzene rings is 3. The lowest BCUT2D eigenvalue weighted by atomic mass is 10.0. The molecule has 0 radical (unpaired) electrons. The van der Waals surface area contributed by atoms with Crippen LogP contribution in [0.15, 0.2) is 83.3 Å². The molecule has 0 saturated heterocycles. The van der Waals surface area contributed by atoms with Gasteiger partial charge in [0.1, 0.15) is 12.6 Å². The summed E-state index contributed by atoms with van der Waals surface area (Å²) in [6.07, 6.45) is 1.29. The van der Waals surface area contributed by atoms with E-state index in [9.17, 15) is 18.0 Å². The highest BCUT2D eigenvalue weighted by Crippen LogP contribution is 2.24. The number of hydrogen-bond donors (Lipinski definition) is 1. The Balaban J connectivity index is 2.06. The fraction of sp³-hybridized carbons (Fsp3) is 0.286. The van der Waals surface area contributed by atoms with Crippen LogP contribution in [0, 0.1) is 0 Å². The molecular weight excluding hydrogens is 590 g/mol. The first-order valence-electron chi connectivity index (χ1n) is 12.1. The van der Waals surface area contributed by atoms with E-state index in [2.05, 4.69) is 21.2 Å². The monoisotopic (exact) mass is 619 g/mol. The summed E-state index contributed by atoms with van der Waals surface area (Å²) >= 11 is 9.79. The van der Waals surface area contributed by atoms with Gasteiger partial charge < -0.3 is 10.2 Å². The van der Waals surface area contributed by atoms with Crippen LogP contribution in [0.5, 0.6) is 0 Å². The summed E-state index contributed by atoms with van der Waals surface area (Å²) in [6.45, 7) is 3.23. The van der Waals surface area contributed by atoms with Crippen LogP contribution in [-0.4, -0.2) is 50.0 Å². The quantitative estimate of drug-likeness (QED) is 0.326. The van der Waals surface area contributed by atoms with Gasteiger partial charge in [0.2, 0.25) is 21.8 Å². The SMILES string of the molecule is CC(C)NC(=O)C(Cc1ccccc1)N(Cc1ccccc1Cl)C(=O)CN(c1ccc(Br)cc1)S(C)(=O)=O. The molecule has 0 heterocycles. The highest BCUT2D eigenvalue weighted by atomic mass is 79.9. The van der Waals surface area contributed by atoms with Gasteiger partial charge in [-0.3, -0.25) is 13.9 Å². The van der Waals surface area contributed by atoms with Crippen LogP contribution in [-0.2, 0) is 32.6 Å². The molecule has 1 atom stereocenters. The molecule has 0 aliphatic heterocycles. The van der Waals surface area contributed by atoms with Crippen LogP contribution >= 0.6 is 27.5 Å². The first-order valence-corrected chi connectivity index (χ1v) is 15.1. The second-order valence-electron chi connectivity index (χ2n) is 9.23. The fourth-order valence-corrected chi connectivity index (χ4v) is 5.28. The van der Waals surface area contributed by atoms with E-state index in [4.69, 9.17) is 11.6 Å². The molecule has 0 aliphatic rings. The van der Waals surface area contributed by atoms with Crippen molar-refractivity contribution in [3.05, 3.63) is 99.5 Å². The van der Waals surface area contributed by atoms with E-state index in [1.807, 2.05) is 44.2 Å². The predicted octanol–water partition coefficient (Wildman–Crippen LogP) is 5.03. The van der Waals surface area contributed by atoms with Crippen LogP contribution in [0.1, 0.15) is 25.0 Å². The molecule has 0 fully saturated rings. The Labute approximate surface area is 238 Å². The number of rotatable bonds is 11. The molecule has 1 N–H and O–H groups in total. The zero-order chi connectivity index (χ0) is 27.9. The minimum atomic E-state index is -3.82. The molecule has 7 nitrogen and oxygen atoms in total. The lowest BCUT2D eigenvalue weighted by molar-refractivity contribution is -0.140. The van der Waals surface area contributed by atoms with E-state index in [0.717, 1.165) is 20.6 Å². The Morgan fingerprint density at radius 2 is 1.55 bits per heavy atom. The second-order valence-corrected chi connectivity index (χ2v) is 12.5. The zero-order valence-electron chi connectivity index (χ0n) is 21.5. The van der Waals surface area contributed by atoms with Gasteiger partial charge in [0.05, 0.1) is 11.9 Å². The second kappa shape index (κ2) is 13.3. The van der Waals surface area contributed by atoms with Gasteiger partial charge in [-0.25, -0.2) is 8.42 Å². The molecule has 10 heteroatoms. The van der Waals surface area contributed by atoms with Crippen LogP contribution in [0.25, 0.3) is 0 Å². The first-order chi connectivity index (χ1) is 18.0. The lowest BCUT2D eigenvalue weighted by Crippen LogP contribution is -2.54. The van der Waals surface area contributed by atoms with Crippen molar-refractivity contribution in [3.8, 4) is 0 Å². The number of nitrogens with zero attached hydrogens (tertiary/aromatic N) is 2. The van der Waals surface area contributed by atoms with Gasteiger partial charge >= 0.3 is 0 Å². The number of hydrogen-bond acceptors (Lipinski definition) is 4. The molecule has 0 bridgehead atoms. The molecule has 0 aromatic heterocycles. The van der Waals surface area contributed by atoms with Crippen LogP contribution in [0.3, 0.4) is 0 Å². The topological polar surface area (TPSA) is 86.8 Å². The smallest absolute Gasteiger partial charge is 0.244 e. The molecule has 202 valence electrons. The maximum absolute atomic E-state index is 14.0. The number of anilines is 1. The highest BCUT2D eigenvalue weighted by molar-refractivity contribution is 9.10. The highest BCUT2D eigenvalue weighted by Gasteiger charge is 2.33. The number of carbonyl (C=O) groups is 2. The number of nitrogens with one attached hydrogen (secondary N) is 1. The van der Waals surface area contributed by atoms with Gasteiger partial charge in [0.15, 0.2) is 0 Å². The van der Waals surface area contributed by atoms with E-state index < -0.39 is 28.5 Å². The van der Waals surface area contributed by atoms with Crippen molar-refractivity contribution in [1.29, 1.82) is 0 Å². The van der Waals surface area contributed by atoms with Crippen molar-refractivity contribution in [2.24, 2.45) is 0 Å². The van der Waals surface area contributed by atoms with E-state index in [1.54, 1.807) is 48.5 Å². The summed E-state index contributed by atoms with van der Waals surface area (Å²) in [5.41, 5.74) is 1.85. The zero-order valence-corrected chi connectivity index (χ0v) is 24.6. The molecule has 38 heavy (non-hydrogen) atoms. The lowest BCUT2D eigenvalue weighted by Gasteiger charge is -2.34. The summed E-state index contributed by atoms with van der Waals surface area (Å²) < 4.78 is 27.4. The Hall–Kier alpha value is -2.88. The first kappa shape index (κ1) is 29.7. The van der Waals surface area contributed by atoms with Crippen molar-refractivity contribution in [2.75, 3.05) is 17.1 Å². The Morgan fingerprint density at radius 3 is 2.13 bits per heavy atom. The Bertz CT molecular complexity index is 1350. The summed E-state index contributed by atoms with van der Waals surface area (Å²) in [5, 5.41) is 3.36. The Morgan fingerprint density at radius 1 is 0.947 bits per heavy atom. The van der Waals surface area contributed by atoms with Gasteiger partial charge in [0.25, 0.3) is 0 Å². The molecule has 3 rings (SSSR count). The van der Waals surface area contributed by atoms with Gasteiger partial charge in [-0.1, -0.05) is 76.1 Å². The van der Waals surface area contributed by atoms with Crippen LogP contribution in [0.2, 0.25) is 5.02 Å². The number of carbonyl (C=O) groups excluding carboxylic acids is 2. The fourth-order valence-electron chi connectivity index (χ4n) is 3.97. The number of sulfonamides is 1. The molecule has 0 aliphatic carbocycles. The number of amides is 2. The van der Waals surface area contributed by atoms with E-state index in [-0.39, 0.29) is 24.9 Å². The predicted molar refractivity (Wildman–Crippen MR) is 156 cm³/mol. The van der Waals surface area contributed by atoms with E-state index in [0.29, 0.717) is 16.3 Å². The summed E-state index contributed by atoms with van der Waals surface area (Å²) in [7, 11) is -3.82. The summed E-state index contributed by atoms with van der Waals surface area (Å²) in [5.74, 6) is -0.864. The van der Waals surface area contributed by atoms with Crippen molar-refractivity contribution in [1.82, 2.24) is 10.2 Å². The molecule has 3 aromatic rings. The average molecular weight is 621 g/mol. The largest absolute Gasteiger partial charge is 0.352 e. The minimum absolute atomic E-state index is 0.0272. The van der Waals surface area contributed by atoms with Gasteiger partial charge in [-0.05, 0) is 55.3 Å². The molecule has 0 saturated carbocycles. The molecule has 2 amide bonds. The normalized spacial score (nSPS) is 12.2. The van der Waals surface area contributed by atoms with Crippen molar-refractivity contribution in [2.45, 2.75) is 38.9 Å². The third-order valence-corrected chi connectivity index (χ3v) is 7.83. The van der Waals surface area contributed by atoms with Gasteiger partial charge in [-0.15, -0.1) is 0 Å². The van der Waals surface area contributed by atoms with E-state index >= 15 is 0 Å². The van der Waals surface area contributed by atoms with Gasteiger partial charge in [-0.2, -0.15) is 0 Å². The molecule has 0 spiro atoms. The van der Waals surface area contributed by atoms with Crippen LogP contribution < -0.4 is 9.62 Å². The third kappa shape index (κ3) is 8.31. The van der Waals surface area contributed by atoms with E-state index in [1.165, 1.54) is 4.90 Å². The summed E-state index contributed by atoms with van der Waals surface area (Å²) in [4.78, 5) is 28.9. The van der Waals surface area contributed by atoms with Crippen molar-refractivity contribution < 1.29 is 18.0 Å². The average Bonchev–Trinajstić information content (AvgIpc) is 2.85.